The van der Waals surface area contributed by atoms with Crippen molar-refractivity contribution in [3.8, 4) is 0 Å². The van der Waals surface area contributed by atoms with Crippen LogP contribution in [0.2, 0.25) is 0 Å². The minimum Gasteiger partial charge on any atom is -0.389 e. The normalized spacial score (nSPS) is 19.7. The number of methoxy groups -OCH3 is 1. The first-order valence-electron chi connectivity index (χ1n) is 5.39. The smallest absolute Gasteiger partial charge is 0.0900 e. The van der Waals surface area contributed by atoms with Gasteiger partial charge in [0.05, 0.1) is 12.7 Å². The molecule has 0 aromatic heterocycles. The SMILES string of the molecule is CCCN(CC(O)COC)C1CNC1. The molecule has 84 valence electrons. The summed E-state index contributed by atoms with van der Waals surface area (Å²) in [5.74, 6) is 0. The second-order valence-corrected chi connectivity index (χ2v) is 3.92. The summed E-state index contributed by atoms with van der Waals surface area (Å²) in [5, 5.41) is 12.9. The molecule has 0 aromatic rings. The zero-order valence-electron chi connectivity index (χ0n) is 9.20. The van der Waals surface area contributed by atoms with Crippen molar-refractivity contribution in [1.82, 2.24) is 10.2 Å². The summed E-state index contributed by atoms with van der Waals surface area (Å²) in [5.41, 5.74) is 0. The van der Waals surface area contributed by atoms with Gasteiger partial charge in [0.15, 0.2) is 0 Å². The molecule has 2 N–H and O–H groups in total. The molecule has 1 atom stereocenters. The van der Waals surface area contributed by atoms with Crippen LogP contribution < -0.4 is 5.32 Å². The predicted molar refractivity (Wildman–Crippen MR) is 56.4 cm³/mol. The second-order valence-electron chi connectivity index (χ2n) is 3.92. The molecule has 0 amide bonds. The Hall–Kier alpha value is -0.160. The van der Waals surface area contributed by atoms with Gasteiger partial charge >= 0.3 is 0 Å². The van der Waals surface area contributed by atoms with Crippen LogP contribution in [0.25, 0.3) is 0 Å². The van der Waals surface area contributed by atoms with Gasteiger partial charge in [-0.1, -0.05) is 6.92 Å². The number of nitrogens with one attached hydrogen (secondary N) is 1. The first-order chi connectivity index (χ1) is 6.77. The highest BCUT2D eigenvalue weighted by Crippen LogP contribution is 2.07. The zero-order valence-corrected chi connectivity index (χ0v) is 9.20. The van der Waals surface area contributed by atoms with E-state index in [1.807, 2.05) is 0 Å². The Morgan fingerprint density at radius 2 is 2.29 bits per heavy atom. The fraction of sp³-hybridized carbons (Fsp3) is 1.00. The number of ether oxygens (including phenoxy) is 1. The van der Waals surface area contributed by atoms with Crippen molar-refractivity contribution in [2.75, 3.05) is 39.9 Å². The zero-order chi connectivity index (χ0) is 10.4. The van der Waals surface area contributed by atoms with Gasteiger partial charge in [0.2, 0.25) is 0 Å². The Bertz CT molecular complexity index is 151. The lowest BCUT2D eigenvalue weighted by atomic mass is 10.1. The molecule has 0 saturated carbocycles. The Kier molecular flexibility index (Phi) is 5.40. The van der Waals surface area contributed by atoms with Crippen molar-refractivity contribution in [2.45, 2.75) is 25.5 Å². The van der Waals surface area contributed by atoms with Crippen LogP contribution in [0, 0.1) is 0 Å². The first-order valence-corrected chi connectivity index (χ1v) is 5.39. The highest BCUT2D eigenvalue weighted by atomic mass is 16.5. The summed E-state index contributed by atoms with van der Waals surface area (Å²) in [4.78, 5) is 2.35. The third-order valence-corrected chi connectivity index (χ3v) is 2.59. The Morgan fingerprint density at radius 1 is 1.57 bits per heavy atom. The third kappa shape index (κ3) is 3.53. The fourth-order valence-electron chi connectivity index (χ4n) is 1.76. The lowest BCUT2D eigenvalue weighted by Gasteiger charge is -2.39. The molecule has 4 heteroatoms. The quantitative estimate of drug-likeness (QED) is 0.594. The van der Waals surface area contributed by atoms with Gasteiger partial charge in [0, 0.05) is 32.8 Å². The molecule has 14 heavy (non-hydrogen) atoms. The molecule has 0 bridgehead atoms. The minimum atomic E-state index is -0.354. The Labute approximate surface area is 86.2 Å². The van der Waals surface area contributed by atoms with Gasteiger partial charge in [0.1, 0.15) is 0 Å². The maximum absolute atomic E-state index is 9.63. The lowest BCUT2D eigenvalue weighted by Crippen LogP contribution is -2.58. The van der Waals surface area contributed by atoms with E-state index in [4.69, 9.17) is 4.74 Å². The molecular weight excluding hydrogens is 180 g/mol. The van der Waals surface area contributed by atoms with Crippen molar-refractivity contribution < 1.29 is 9.84 Å². The molecule has 1 fully saturated rings. The predicted octanol–water partition coefficient (Wildman–Crippen LogP) is -0.322. The fourth-order valence-corrected chi connectivity index (χ4v) is 1.76. The van der Waals surface area contributed by atoms with E-state index in [-0.39, 0.29) is 6.10 Å². The van der Waals surface area contributed by atoms with Crippen LogP contribution in [0.3, 0.4) is 0 Å². The van der Waals surface area contributed by atoms with Crippen molar-refractivity contribution in [2.24, 2.45) is 0 Å². The Morgan fingerprint density at radius 3 is 2.71 bits per heavy atom. The maximum Gasteiger partial charge on any atom is 0.0900 e. The van der Waals surface area contributed by atoms with Gasteiger partial charge in [-0.3, -0.25) is 4.90 Å². The third-order valence-electron chi connectivity index (χ3n) is 2.59. The van der Waals surface area contributed by atoms with Crippen LogP contribution in [0.15, 0.2) is 0 Å². The minimum absolute atomic E-state index is 0.354. The molecule has 1 heterocycles. The van der Waals surface area contributed by atoms with Crippen LogP contribution in [0.1, 0.15) is 13.3 Å². The van der Waals surface area contributed by atoms with E-state index >= 15 is 0 Å². The van der Waals surface area contributed by atoms with Crippen molar-refractivity contribution >= 4 is 0 Å². The summed E-state index contributed by atoms with van der Waals surface area (Å²) in [7, 11) is 1.62. The van der Waals surface area contributed by atoms with Crippen LogP contribution in [0.5, 0.6) is 0 Å². The van der Waals surface area contributed by atoms with Crippen molar-refractivity contribution in [3.63, 3.8) is 0 Å². The van der Waals surface area contributed by atoms with E-state index in [1.165, 1.54) is 0 Å². The van der Waals surface area contributed by atoms with E-state index in [0.717, 1.165) is 32.6 Å². The summed E-state index contributed by atoms with van der Waals surface area (Å²) < 4.78 is 4.92. The molecular formula is C10H22N2O2. The maximum atomic E-state index is 9.63. The van der Waals surface area contributed by atoms with E-state index in [2.05, 4.69) is 17.1 Å². The first kappa shape index (κ1) is 11.9. The van der Waals surface area contributed by atoms with Gasteiger partial charge in [-0.05, 0) is 13.0 Å². The van der Waals surface area contributed by atoms with E-state index < -0.39 is 0 Å². The number of hydrogen-bond acceptors (Lipinski definition) is 4. The van der Waals surface area contributed by atoms with Crippen molar-refractivity contribution in [3.05, 3.63) is 0 Å². The summed E-state index contributed by atoms with van der Waals surface area (Å²) >= 11 is 0. The number of nitrogens with zero attached hydrogens (tertiary/aromatic N) is 1. The highest BCUT2D eigenvalue weighted by Gasteiger charge is 2.25. The van der Waals surface area contributed by atoms with Gasteiger partial charge in [0.25, 0.3) is 0 Å². The largest absolute Gasteiger partial charge is 0.389 e. The van der Waals surface area contributed by atoms with Crippen molar-refractivity contribution in [1.29, 1.82) is 0 Å². The standard InChI is InChI=1S/C10H22N2O2/c1-3-4-12(9-5-11-6-9)7-10(13)8-14-2/h9-11,13H,3-8H2,1-2H3. The van der Waals surface area contributed by atoms with E-state index in [0.29, 0.717) is 12.6 Å². The topological polar surface area (TPSA) is 44.7 Å². The summed E-state index contributed by atoms with van der Waals surface area (Å²) in [6.07, 6.45) is 0.781. The van der Waals surface area contributed by atoms with Crippen LogP contribution in [-0.4, -0.2) is 62.0 Å². The second kappa shape index (κ2) is 6.35. The molecule has 1 saturated heterocycles. The molecule has 1 aliphatic heterocycles. The lowest BCUT2D eigenvalue weighted by molar-refractivity contribution is 0.0188. The van der Waals surface area contributed by atoms with E-state index in [9.17, 15) is 5.11 Å². The number of hydrogen-bond donors (Lipinski definition) is 2. The number of aliphatic hydroxyl groups excluding tert-OH is 1. The average Bonchev–Trinajstić information content (AvgIpc) is 2.01. The molecule has 1 aliphatic rings. The Balaban J connectivity index is 2.26. The molecule has 0 spiro atoms. The summed E-state index contributed by atoms with van der Waals surface area (Å²) in [6.45, 7) is 6.50. The molecule has 0 aromatic carbocycles. The average molecular weight is 202 g/mol. The molecule has 4 nitrogen and oxygen atoms in total. The molecule has 1 rings (SSSR count). The summed E-state index contributed by atoms with van der Waals surface area (Å²) in [6, 6.07) is 0.612. The van der Waals surface area contributed by atoms with E-state index in [1.54, 1.807) is 7.11 Å². The molecule has 1 unspecified atom stereocenters. The van der Waals surface area contributed by atoms with Crippen LogP contribution in [-0.2, 0) is 4.74 Å². The van der Waals surface area contributed by atoms with Gasteiger partial charge in [-0.15, -0.1) is 0 Å². The monoisotopic (exact) mass is 202 g/mol. The molecule has 0 radical (unpaired) electrons. The van der Waals surface area contributed by atoms with Gasteiger partial charge in [-0.25, -0.2) is 0 Å². The highest BCUT2D eigenvalue weighted by molar-refractivity contribution is 4.85. The van der Waals surface area contributed by atoms with Crippen LogP contribution in [0.4, 0.5) is 0 Å². The van der Waals surface area contributed by atoms with Gasteiger partial charge in [-0.2, -0.15) is 0 Å². The van der Waals surface area contributed by atoms with Gasteiger partial charge < -0.3 is 15.2 Å². The number of aliphatic hydroxyl groups is 1. The molecule has 0 aliphatic carbocycles. The number of rotatable bonds is 7. The van der Waals surface area contributed by atoms with Crippen LogP contribution >= 0.6 is 0 Å².